The second kappa shape index (κ2) is 5.01. The Hall–Kier alpha value is -2.50. The van der Waals surface area contributed by atoms with Gasteiger partial charge in [-0.15, -0.1) is 0 Å². The average Bonchev–Trinajstić information content (AvgIpc) is 2.78. The molecular formula is C13H16N4O2. The summed E-state index contributed by atoms with van der Waals surface area (Å²) < 4.78 is 1.61. The minimum Gasteiger partial charge on any atom is -0.508 e. The number of aromatic hydroxyl groups is 1. The van der Waals surface area contributed by atoms with Crippen LogP contribution in [-0.4, -0.2) is 27.8 Å². The molecule has 3 N–H and O–H groups in total. The number of hydrogen-bond donors (Lipinski definition) is 2. The smallest absolute Gasteiger partial charge is 0.280 e. The Balaban J connectivity index is 2.30. The van der Waals surface area contributed by atoms with Gasteiger partial charge in [0, 0.05) is 31.5 Å². The summed E-state index contributed by atoms with van der Waals surface area (Å²) in [5, 5.41) is 13.6. The lowest BCUT2D eigenvalue weighted by molar-refractivity contribution is 0.0988. The van der Waals surface area contributed by atoms with E-state index in [9.17, 15) is 9.90 Å². The van der Waals surface area contributed by atoms with Crippen molar-refractivity contribution in [2.45, 2.75) is 13.5 Å². The van der Waals surface area contributed by atoms with E-state index in [0.29, 0.717) is 17.9 Å². The summed E-state index contributed by atoms with van der Waals surface area (Å²) >= 11 is 0. The van der Waals surface area contributed by atoms with E-state index in [0.717, 1.165) is 0 Å². The Kier molecular flexibility index (Phi) is 3.41. The van der Waals surface area contributed by atoms with Crippen molar-refractivity contribution < 1.29 is 9.90 Å². The predicted molar refractivity (Wildman–Crippen MR) is 73.2 cm³/mol. The number of nitrogens with two attached hydrogens (primary N) is 1. The van der Waals surface area contributed by atoms with Gasteiger partial charge in [-0.3, -0.25) is 9.48 Å². The van der Waals surface area contributed by atoms with Crippen LogP contribution in [0, 0.1) is 0 Å². The molecule has 0 unspecified atom stereocenters. The SMILES string of the molecule is CCn1cc(N)c(C(=O)N(C)c2cccc(O)c2)n1. The number of aromatic nitrogens is 2. The number of carbonyl (C=O) groups excluding carboxylic acids is 1. The van der Waals surface area contributed by atoms with Crippen LogP contribution in [0.2, 0.25) is 0 Å². The summed E-state index contributed by atoms with van der Waals surface area (Å²) in [5.74, 6) is -0.209. The number of phenols is 1. The molecule has 1 amide bonds. The molecule has 6 nitrogen and oxygen atoms in total. The summed E-state index contributed by atoms with van der Waals surface area (Å²) in [6, 6.07) is 6.44. The maximum absolute atomic E-state index is 12.3. The van der Waals surface area contributed by atoms with E-state index in [1.807, 2.05) is 6.92 Å². The topological polar surface area (TPSA) is 84.4 Å². The van der Waals surface area contributed by atoms with E-state index in [1.54, 1.807) is 36.1 Å². The zero-order valence-corrected chi connectivity index (χ0v) is 10.9. The molecule has 0 aliphatic carbocycles. The van der Waals surface area contributed by atoms with E-state index in [2.05, 4.69) is 5.10 Å². The standard InChI is InChI=1S/C13H16N4O2/c1-3-17-8-11(14)12(15-17)13(19)16(2)9-5-4-6-10(18)7-9/h4-8,18H,3,14H2,1-2H3. The van der Waals surface area contributed by atoms with Crippen molar-refractivity contribution in [2.24, 2.45) is 0 Å². The Bertz CT molecular complexity index is 606. The largest absolute Gasteiger partial charge is 0.508 e. The normalized spacial score (nSPS) is 10.4. The maximum Gasteiger partial charge on any atom is 0.280 e. The molecule has 6 heteroatoms. The lowest BCUT2D eigenvalue weighted by Gasteiger charge is -2.16. The van der Waals surface area contributed by atoms with Gasteiger partial charge in [-0.25, -0.2) is 0 Å². The summed E-state index contributed by atoms with van der Waals surface area (Å²) in [7, 11) is 1.61. The van der Waals surface area contributed by atoms with Gasteiger partial charge in [0.05, 0.1) is 5.69 Å². The van der Waals surface area contributed by atoms with Gasteiger partial charge in [0.2, 0.25) is 0 Å². The van der Waals surface area contributed by atoms with Crippen LogP contribution in [0.4, 0.5) is 11.4 Å². The second-order valence-corrected chi connectivity index (χ2v) is 4.17. The minimum absolute atomic E-state index is 0.101. The highest BCUT2D eigenvalue weighted by molar-refractivity contribution is 6.07. The van der Waals surface area contributed by atoms with Gasteiger partial charge in [0.25, 0.3) is 5.91 Å². The van der Waals surface area contributed by atoms with Crippen molar-refractivity contribution in [2.75, 3.05) is 17.7 Å². The fourth-order valence-corrected chi connectivity index (χ4v) is 1.74. The Morgan fingerprint density at radius 3 is 2.84 bits per heavy atom. The average molecular weight is 260 g/mol. The van der Waals surface area contributed by atoms with E-state index in [1.165, 1.54) is 11.0 Å². The summed E-state index contributed by atoms with van der Waals surface area (Å²) in [6.07, 6.45) is 1.63. The molecule has 1 aromatic carbocycles. The molecule has 2 aromatic rings. The second-order valence-electron chi connectivity index (χ2n) is 4.17. The highest BCUT2D eigenvalue weighted by atomic mass is 16.3. The molecule has 0 spiro atoms. The van der Waals surface area contributed by atoms with Gasteiger partial charge >= 0.3 is 0 Å². The lowest BCUT2D eigenvalue weighted by Crippen LogP contribution is -2.27. The highest BCUT2D eigenvalue weighted by Crippen LogP contribution is 2.21. The van der Waals surface area contributed by atoms with Gasteiger partial charge in [0.15, 0.2) is 5.69 Å². The first-order valence-electron chi connectivity index (χ1n) is 5.93. The molecule has 0 aliphatic rings. The van der Waals surface area contributed by atoms with Crippen LogP contribution < -0.4 is 10.6 Å². The quantitative estimate of drug-likeness (QED) is 0.875. The minimum atomic E-state index is -0.310. The number of nitrogen functional groups attached to an aromatic ring is 1. The number of benzene rings is 1. The summed E-state index contributed by atoms with van der Waals surface area (Å²) in [5.41, 5.74) is 6.92. The molecule has 1 heterocycles. The highest BCUT2D eigenvalue weighted by Gasteiger charge is 2.20. The van der Waals surface area contributed by atoms with E-state index >= 15 is 0 Å². The van der Waals surface area contributed by atoms with E-state index in [-0.39, 0.29) is 17.4 Å². The molecule has 0 aliphatic heterocycles. The first-order chi connectivity index (χ1) is 9.02. The number of phenolic OH excluding ortho intramolecular Hbond substituents is 1. The molecule has 2 rings (SSSR count). The molecule has 0 radical (unpaired) electrons. The Labute approximate surface area is 111 Å². The molecule has 0 saturated heterocycles. The Morgan fingerprint density at radius 1 is 1.53 bits per heavy atom. The third kappa shape index (κ3) is 2.52. The Morgan fingerprint density at radius 2 is 2.26 bits per heavy atom. The number of rotatable bonds is 3. The lowest BCUT2D eigenvalue weighted by atomic mass is 10.2. The predicted octanol–water partition coefficient (Wildman–Crippen LogP) is 1.47. The molecular weight excluding hydrogens is 244 g/mol. The zero-order chi connectivity index (χ0) is 14.0. The third-order valence-electron chi connectivity index (χ3n) is 2.84. The van der Waals surface area contributed by atoms with Gasteiger partial charge in [0.1, 0.15) is 5.75 Å². The zero-order valence-electron chi connectivity index (χ0n) is 10.9. The maximum atomic E-state index is 12.3. The molecule has 0 bridgehead atoms. The molecule has 19 heavy (non-hydrogen) atoms. The van der Waals surface area contributed by atoms with Gasteiger partial charge < -0.3 is 15.7 Å². The van der Waals surface area contributed by atoms with Gasteiger partial charge in [-0.2, -0.15) is 5.10 Å². The van der Waals surface area contributed by atoms with Gasteiger partial charge in [-0.1, -0.05) is 6.07 Å². The summed E-state index contributed by atoms with van der Waals surface area (Å²) in [4.78, 5) is 13.7. The van der Waals surface area contributed by atoms with Gasteiger partial charge in [-0.05, 0) is 19.1 Å². The monoisotopic (exact) mass is 260 g/mol. The van der Waals surface area contributed by atoms with Crippen molar-refractivity contribution >= 4 is 17.3 Å². The van der Waals surface area contributed by atoms with Crippen LogP contribution >= 0.6 is 0 Å². The number of anilines is 2. The van der Waals surface area contributed by atoms with E-state index in [4.69, 9.17) is 5.73 Å². The number of aryl methyl sites for hydroxylation is 1. The number of amides is 1. The van der Waals surface area contributed by atoms with E-state index < -0.39 is 0 Å². The molecule has 100 valence electrons. The number of carbonyl (C=O) groups is 1. The van der Waals surface area contributed by atoms with Crippen LogP contribution in [0.5, 0.6) is 5.75 Å². The van der Waals surface area contributed by atoms with Crippen LogP contribution in [0.3, 0.4) is 0 Å². The third-order valence-corrected chi connectivity index (χ3v) is 2.84. The molecule has 0 atom stereocenters. The first kappa shape index (κ1) is 12.9. The van der Waals surface area contributed by atoms with Crippen LogP contribution in [0.15, 0.2) is 30.5 Å². The van der Waals surface area contributed by atoms with Crippen molar-refractivity contribution in [3.63, 3.8) is 0 Å². The number of nitrogens with zero attached hydrogens (tertiary/aromatic N) is 3. The van der Waals surface area contributed by atoms with Crippen LogP contribution in [0.25, 0.3) is 0 Å². The fraction of sp³-hybridized carbons (Fsp3) is 0.231. The molecule has 1 aromatic heterocycles. The van der Waals surface area contributed by atoms with Crippen molar-refractivity contribution in [1.82, 2.24) is 9.78 Å². The fourth-order valence-electron chi connectivity index (χ4n) is 1.74. The van der Waals surface area contributed by atoms with Crippen molar-refractivity contribution in [3.8, 4) is 5.75 Å². The molecule has 0 fully saturated rings. The van der Waals surface area contributed by atoms with Crippen LogP contribution in [-0.2, 0) is 6.54 Å². The number of hydrogen-bond acceptors (Lipinski definition) is 4. The first-order valence-corrected chi connectivity index (χ1v) is 5.93. The van der Waals surface area contributed by atoms with Crippen LogP contribution in [0.1, 0.15) is 17.4 Å². The molecule has 0 saturated carbocycles. The van der Waals surface area contributed by atoms with Crippen molar-refractivity contribution in [1.29, 1.82) is 0 Å². The summed E-state index contributed by atoms with van der Waals surface area (Å²) in [6.45, 7) is 2.56. The van der Waals surface area contributed by atoms with Crippen molar-refractivity contribution in [3.05, 3.63) is 36.2 Å².